The molecule has 1 saturated heterocycles. The zero-order valence-electron chi connectivity index (χ0n) is 18.3. The molecule has 2 aromatic rings. The van der Waals surface area contributed by atoms with Crippen molar-refractivity contribution >= 4 is 52.7 Å². The third-order valence-electron chi connectivity index (χ3n) is 4.88. The Hall–Kier alpha value is -1.34. The first-order valence-corrected chi connectivity index (χ1v) is 15.4. The fourth-order valence-corrected chi connectivity index (χ4v) is 7.43. The van der Waals surface area contributed by atoms with E-state index in [9.17, 15) is 28.4 Å². The van der Waals surface area contributed by atoms with E-state index in [4.69, 9.17) is 25.8 Å². The predicted octanol–water partition coefficient (Wildman–Crippen LogP) is 0.0535. The predicted molar refractivity (Wildman–Crippen MR) is 126 cm³/mol. The molecular weight excluding hydrogens is 563 g/mol. The third kappa shape index (κ3) is 7.59. The van der Waals surface area contributed by atoms with Gasteiger partial charge in [-0.2, -0.15) is 12.6 Å². The summed E-state index contributed by atoms with van der Waals surface area (Å²) in [6, 6.07) is 0. The number of ether oxygens (including phenoxy) is 2. The molecular formula is C16H23N5O11P3S-. The van der Waals surface area contributed by atoms with Gasteiger partial charge in [0.05, 0.1) is 41.8 Å². The third-order valence-corrected chi connectivity index (χ3v) is 9.35. The molecule has 0 radical (unpaired) electrons. The summed E-state index contributed by atoms with van der Waals surface area (Å²) in [6.45, 7) is 0.111. The summed E-state index contributed by atoms with van der Waals surface area (Å²) < 4.78 is 55.3. The van der Waals surface area contributed by atoms with Crippen LogP contribution in [0.4, 0.5) is 5.82 Å². The quantitative estimate of drug-likeness (QED) is 0.0931. The second-order valence-electron chi connectivity index (χ2n) is 7.36. The number of rotatable bonds is 10. The van der Waals surface area contributed by atoms with Crippen molar-refractivity contribution in [3.05, 3.63) is 18.1 Å². The van der Waals surface area contributed by atoms with Crippen LogP contribution in [0.15, 0.2) is 12.5 Å². The summed E-state index contributed by atoms with van der Waals surface area (Å²) in [5.74, 6) is 5.82. The average Bonchev–Trinajstić information content (AvgIpc) is 3.30. The SMILES string of the molecule is NCC#Cc1cn([C@H]2CC(OCS)[C@@H](CCP(=O)(O)OP(=O)(O)OP(=O)([O-])O)O2)c2ncnc(N)c12. The molecule has 0 aliphatic carbocycles. The molecule has 0 spiro atoms. The van der Waals surface area contributed by atoms with Gasteiger partial charge in [-0.25, -0.2) is 23.2 Å². The van der Waals surface area contributed by atoms with Crippen LogP contribution in [0.1, 0.15) is 24.6 Å². The Morgan fingerprint density at radius 3 is 2.64 bits per heavy atom. The first kappa shape index (κ1) is 29.2. The van der Waals surface area contributed by atoms with Gasteiger partial charge in [-0.1, -0.05) is 11.8 Å². The Morgan fingerprint density at radius 1 is 1.28 bits per heavy atom. The highest BCUT2D eigenvalue weighted by molar-refractivity contribution is 7.80. The summed E-state index contributed by atoms with van der Waals surface area (Å²) in [5, 5.41) is 0.490. The van der Waals surface area contributed by atoms with Gasteiger partial charge in [-0.3, -0.25) is 9.13 Å². The fraction of sp³-hybridized carbons (Fsp3) is 0.500. The highest BCUT2D eigenvalue weighted by atomic mass is 32.1. The Balaban J connectivity index is 1.80. The summed E-state index contributed by atoms with van der Waals surface area (Å²) in [4.78, 5) is 46.7. The lowest BCUT2D eigenvalue weighted by Gasteiger charge is -2.22. The van der Waals surface area contributed by atoms with Crippen molar-refractivity contribution in [3.63, 3.8) is 0 Å². The summed E-state index contributed by atoms with van der Waals surface area (Å²) in [7, 11) is -16.2. The maximum Gasteiger partial charge on any atom is 0.485 e. The van der Waals surface area contributed by atoms with Crippen molar-refractivity contribution in [2.75, 3.05) is 24.4 Å². The molecule has 16 nitrogen and oxygen atoms in total. The van der Waals surface area contributed by atoms with Crippen LogP contribution in [-0.4, -0.2) is 60.1 Å². The molecule has 6 atom stereocenters. The van der Waals surface area contributed by atoms with E-state index in [0.29, 0.717) is 16.6 Å². The number of anilines is 1. The van der Waals surface area contributed by atoms with E-state index in [0.717, 1.165) is 0 Å². The van der Waals surface area contributed by atoms with E-state index in [-0.39, 0.29) is 31.1 Å². The molecule has 1 fully saturated rings. The van der Waals surface area contributed by atoms with Crippen LogP contribution in [0.5, 0.6) is 0 Å². The van der Waals surface area contributed by atoms with E-state index in [1.807, 2.05) is 0 Å². The van der Waals surface area contributed by atoms with Crippen LogP contribution in [0, 0.1) is 11.8 Å². The summed E-state index contributed by atoms with van der Waals surface area (Å²) in [5.41, 5.74) is 12.4. The first-order chi connectivity index (χ1) is 16.8. The lowest BCUT2D eigenvalue weighted by molar-refractivity contribution is -0.212. The van der Waals surface area contributed by atoms with E-state index < -0.39 is 47.8 Å². The van der Waals surface area contributed by atoms with E-state index in [1.165, 1.54) is 6.33 Å². The lowest BCUT2D eigenvalue weighted by atomic mass is 10.1. The van der Waals surface area contributed by atoms with Crippen molar-refractivity contribution in [2.24, 2.45) is 5.73 Å². The van der Waals surface area contributed by atoms with Gasteiger partial charge in [0.25, 0.3) is 7.82 Å². The molecule has 20 heteroatoms. The molecule has 4 unspecified atom stereocenters. The molecule has 1 aliphatic rings. The number of nitrogen functional groups attached to an aromatic ring is 1. The van der Waals surface area contributed by atoms with Gasteiger partial charge in [0.15, 0.2) is 0 Å². The second-order valence-corrected chi connectivity index (χ2v) is 12.5. The van der Waals surface area contributed by atoms with E-state index in [1.54, 1.807) is 10.8 Å². The van der Waals surface area contributed by atoms with Gasteiger partial charge < -0.3 is 45.1 Å². The Morgan fingerprint density at radius 2 is 2.00 bits per heavy atom. The fourth-order valence-electron chi connectivity index (χ4n) is 3.61. The molecule has 36 heavy (non-hydrogen) atoms. The van der Waals surface area contributed by atoms with Crippen LogP contribution in [0.2, 0.25) is 0 Å². The lowest BCUT2D eigenvalue weighted by Crippen LogP contribution is -2.25. The van der Waals surface area contributed by atoms with Crippen LogP contribution in [0.3, 0.4) is 0 Å². The van der Waals surface area contributed by atoms with Crippen molar-refractivity contribution < 1.29 is 51.4 Å². The Bertz CT molecular complexity index is 1310. The van der Waals surface area contributed by atoms with Gasteiger partial charge in [0.1, 0.15) is 24.0 Å². The van der Waals surface area contributed by atoms with E-state index in [2.05, 4.69) is 43.1 Å². The van der Waals surface area contributed by atoms with Gasteiger partial charge in [-0.05, 0) is 6.42 Å². The maximum atomic E-state index is 12.3. The number of thiol groups is 1. The van der Waals surface area contributed by atoms with E-state index >= 15 is 0 Å². The average molecular weight is 586 g/mol. The number of hydrogen-bond acceptors (Lipinski definition) is 13. The standard InChI is InChI=1S/C16H24N5O11P3S/c17-4-1-2-10-7-21(16-14(10)15(18)19-8-20-16)13-6-12(29-9-36)11(30-13)3-5-33(22,23)31-35(27,28)32-34(24,25)26/h7-8,11-13,36H,3-6,9,17H2,(H,22,23)(H,27,28)(H2,18,19,20)(H2,24,25,26)/p-1/t11-,12?,13-/m1/s1. The Labute approximate surface area is 210 Å². The molecule has 0 bridgehead atoms. The van der Waals surface area contributed by atoms with Crippen LogP contribution >= 0.6 is 35.9 Å². The minimum atomic E-state index is -5.72. The van der Waals surface area contributed by atoms with Gasteiger partial charge in [0.2, 0.25) is 0 Å². The van der Waals surface area contributed by atoms with Gasteiger partial charge in [-0.15, -0.1) is 0 Å². The highest BCUT2D eigenvalue weighted by Gasteiger charge is 2.41. The number of nitrogens with zero attached hydrogens (tertiary/aromatic N) is 3. The minimum Gasteiger partial charge on any atom is -0.756 e. The summed E-state index contributed by atoms with van der Waals surface area (Å²) in [6.07, 6.45) is 0.0922. The summed E-state index contributed by atoms with van der Waals surface area (Å²) >= 11 is 4.04. The molecule has 2 aromatic heterocycles. The monoisotopic (exact) mass is 586 g/mol. The second kappa shape index (κ2) is 11.6. The number of aromatic nitrogens is 3. The van der Waals surface area contributed by atoms with Gasteiger partial charge in [0, 0.05) is 12.6 Å². The number of hydrogen-bond donors (Lipinski definition) is 6. The van der Waals surface area contributed by atoms with Crippen LogP contribution < -0.4 is 16.4 Å². The normalized spacial score (nSPS) is 25.0. The topological polar surface area (TPSA) is 255 Å². The number of fused-ring (bicyclic) bond motifs is 1. The number of nitrogens with two attached hydrogens (primary N) is 2. The van der Waals surface area contributed by atoms with Crippen molar-refractivity contribution in [3.8, 4) is 11.8 Å². The highest BCUT2D eigenvalue weighted by Crippen LogP contribution is 2.65. The zero-order chi connectivity index (χ0) is 26.7. The molecule has 0 aromatic carbocycles. The maximum absolute atomic E-state index is 12.3. The smallest absolute Gasteiger partial charge is 0.485 e. The molecule has 200 valence electrons. The molecule has 1 aliphatic heterocycles. The van der Waals surface area contributed by atoms with Crippen molar-refractivity contribution in [2.45, 2.75) is 31.3 Å². The minimum absolute atomic E-state index is 0.00569. The molecule has 3 heterocycles. The Kier molecular flexibility index (Phi) is 9.41. The first-order valence-electron chi connectivity index (χ1n) is 10.0. The molecule has 7 N–H and O–H groups in total. The largest absolute Gasteiger partial charge is 0.756 e. The van der Waals surface area contributed by atoms with Crippen molar-refractivity contribution in [1.82, 2.24) is 14.5 Å². The van der Waals surface area contributed by atoms with Crippen LogP contribution in [0.25, 0.3) is 11.0 Å². The molecule has 0 amide bonds. The van der Waals surface area contributed by atoms with Crippen molar-refractivity contribution in [1.29, 1.82) is 0 Å². The zero-order valence-corrected chi connectivity index (χ0v) is 21.9. The number of phosphoric acid groups is 2. The van der Waals surface area contributed by atoms with Crippen LogP contribution in [-0.2, 0) is 31.8 Å². The van der Waals surface area contributed by atoms with Gasteiger partial charge >= 0.3 is 15.4 Å². The molecule has 3 rings (SSSR count). The molecule has 0 saturated carbocycles.